The highest BCUT2D eigenvalue weighted by molar-refractivity contribution is 7.86. The van der Waals surface area contributed by atoms with E-state index in [9.17, 15) is 22.2 Å². The zero-order valence-electron chi connectivity index (χ0n) is 19.6. The molecule has 0 bridgehead atoms. The quantitative estimate of drug-likeness (QED) is 0.352. The molecule has 3 N–H and O–H groups in total. The number of hydrogen-bond donors (Lipinski definition) is 2. The highest BCUT2D eigenvalue weighted by Gasteiger charge is 2.23. The van der Waals surface area contributed by atoms with Crippen molar-refractivity contribution in [3.63, 3.8) is 0 Å². The van der Waals surface area contributed by atoms with E-state index in [2.05, 4.69) is 15.2 Å². The van der Waals surface area contributed by atoms with Gasteiger partial charge in [0.25, 0.3) is 0 Å². The van der Waals surface area contributed by atoms with Gasteiger partial charge in [-0.2, -0.15) is 19.0 Å². The van der Waals surface area contributed by atoms with Gasteiger partial charge in [0.05, 0.1) is 28.8 Å². The van der Waals surface area contributed by atoms with Crippen molar-refractivity contribution in [2.45, 2.75) is 24.6 Å². The van der Waals surface area contributed by atoms with E-state index in [-0.39, 0.29) is 17.5 Å². The third kappa shape index (κ3) is 4.63. The number of pyridine rings is 1. The molecule has 1 aliphatic heterocycles. The maximum Gasteiger partial charge on any atom is 0.330 e. The van der Waals surface area contributed by atoms with Crippen LogP contribution < -0.4 is 10.5 Å². The van der Waals surface area contributed by atoms with Crippen LogP contribution in [0, 0.1) is 5.82 Å². The van der Waals surface area contributed by atoms with Gasteiger partial charge in [0, 0.05) is 49.2 Å². The van der Waals surface area contributed by atoms with Crippen LogP contribution in [-0.2, 0) is 22.8 Å². The van der Waals surface area contributed by atoms with Crippen LogP contribution in [0.5, 0.6) is 0 Å². The summed E-state index contributed by atoms with van der Waals surface area (Å²) >= 11 is 0. The van der Waals surface area contributed by atoms with Crippen molar-refractivity contribution in [2.24, 2.45) is 7.05 Å². The van der Waals surface area contributed by atoms with E-state index in [4.69, 9.17) is 5.73 Å². The first kappa shape index (κ1) is 24.7. The molecule has 4 heterocycles. The Morgan fingerprint density at radius 3 is 2.65 bits per heavy atom. The second-order valence-electron chi connectivity index (χ2n) is 8.69. The summed E-state index contributed by atoms with van der Waals surface area (Å²) in [5.41, 5.74) is 8.80. The number of likely N-dealkylation sites (tertiary alicyclic amines) is 1. The lowest BCUT2D eigenvalue weighted by molar-refractivity contribution is -0.119. The van der Waals surface area contributed by atoms with E-state index in [1.165, 1.54) is 12.1 Å². The number of anilines is 2. The Bertz CT molecular complexity index is 1500. The predicted octanol–water partition coefficient (Wildman–Crippen LogP) is 3.31. The molecule has 0 aliphatic carbocycles. The minimum Gasteiger partial charge on any atom is -0.383 e. The molecule has 0 saturated carbocycles. The molecule has 3 aromatic heterocycles. The summed E-state index contributed by atoms with van der Waals surface area (Å²) in [6.45, 7) is 1.34. The highest BCUT2D eigenvalue weighted by atomic mass is 32.2. The fourth-order valence-corrected chi connectivity index (χ4v) is 5.05. The molecule has 1 unspecified atom stereocenters. The largest absolute Gasteiger partial charge is 0.383 e. The van der Waals surface area contributed by atoms with E-state index in [1.807, 2.05) is 15.6 Å². The minimum atomic E-state index is -3.16. The van der Waals surface area contributed by atoms with Crippen molar-refractivity contribution < 1.29 is 22.2 Å². The summed E-state index contributed by atoms with van der Waals surface area (Å²) in [5.74, 6) is -3.83. The second kappa shape index (κ2) is 9.84. The van der Waals surface area contributed by atoms with E-state index in [1.54, 1.807) is 29.0 Å². The molecule has 1 aromatic carbocycles. The van der Waals surface area contributed by atoms with Gasteiger partial charge >= 0.3 is 5.76 Å². The number of nitrogen functional groups attached to an aromatic ring is 1. The zero-order valence-corrected chi connectivity index (χ0v) is 20.5. The molecule has 14 heteroatoms. The van der Waals surface area contributed by atoms with Crippen molar-refractivity contribution in [1.29, 1.82) is 0 Å². The van der Waals surface area contributed by atoms with E-state index >= 15 is 0 Å². The Hall–Kier alpha value is -3.94. The number of carbonyl (C=O) groups excluding carboxylic acids is 1. The predicted molar refractivity (Wildman–Crippen MR) is 133 cm³/mol. The van der Waals surface area contributed by atoms with Crippen molar-refractivity contribution in [3.05, 3.63) is 42.6 Å². The maximum atomic E-state index is 14.7. The first-order valence-electron chi connectivity index (χ1n) is 11.4. The number of benzene rings is 1. The molecule has 4 aromatic rings. The standard InChI is InChI=1S/C23H23F3N8O2S/c1-32-21-16(14-9-29-34(11-14)15-4-6-33(12-35)7-5-15)10-28-22(27)19(21)20(30-32)13-2-3-18(17(24)8-13)31-37(36)23(25)26/h2-3,8-12,15,23,31H,4-7H2,1H3,(H2,27,28). The summed E-state index contributed by atoms with van der Waals surface area (Å²) in [6.07, 6.45) is 7.74. The number of rotatable bonds is 7. The van der Waals surface area contributed by atoms with Crippen LogP contribution in [0.4, 0.5) is 24.7 Å². The van der Waals surface area contributed by atoms with Gasteiger partial charge < -0.3 is 10.6 Å². The van der Waals surface area contributed by atoms with Gasteiger partial charge in [0.1, 0.15) is 17.3 Å². The number of nitrogens with zero attached hydrogens (tertiary/aromatic N) is 6. The molecule has 1 atom stereocenters. The second-order valence-corrected chi connectivity index (χ2v) is 9.84. The van der Waals surface area contributed by atoms with Crippen molar-refractivity contribution in [2.75, 3.05) is 23.5 Å². The molecule has 194 valence electrons. The average Bonchev–Trinajstić information content (AvgIpc) is 3.51. The summed E-state index contributed by atoms with van der Waals surface area (Å²) in [4.78, 5) is 17.1. The van der Waals surface area contributed by atoms with Gasteiger partial charge in [-0.1, -0.05) is 6.07 Å². The van der Waals surface area contributed by atoms with Gasteiger partial charge in [-0.15, -0.1) is 0 Å². The number of aromatic nitrogens is 5. The van der Waals surface area contributed by atoms with Crippen LogP contribution in [0.15, 0.2) is 36.8 Å². The van der Waals surface area contributed by atoms with Gasteiger partial charge in [0.15, 0.2) is 11.0 Å². The monoisotopic (exact) mass is 532 g/mol. The molecule has 1 fully saturated rings. The van der Waals surface area contributed by atoms with Gasteiger partial charge in [-0.05, 0) is 25.0 Å². The Labute approximate surface area is 211 Å². The summed E-state index contributed by atoms with van der Waals surface area (Å²) in [6, 6.07) is 3.98. The first-order chi connectivity index (χ1) is 17.8. The van der Waals surface area contributed by atoms with E-state index < -0.39 is 22.6 Å². The third-order valence-corrected chi connectivity index (χ3v) is 7.19. The molecule has 10 nitrogen and oxygen atoms in total. The number of fused-ring (bicyclic) bond motifs is 1. The fourth-order valence-electron chi connectivity index (χ4n) is 4.58. The average molecular weight is 533 g/mol. The number of amides is 1. The zero-order chi connectivity index (χ0) is 26.3. The van der Waals surface area contributed by atoms with E-state index in [0.29, 0.717) is 35.2 Å². The van der Waals surface area contributed by atoms with Crippen molar-refractivity contribution in [1.82, 2.24) is 29.4 Å². The van der Waals surface area contributed by atoms with Crippen LogP contribution in [0.1, 0.15) is 18.9 Å². The summed E-state index contributed by atoms with van der Waals surface area (Å²) < 4.78 is 56.7. The molecule has 0 radical (unpaired) electrons. The SMILES string of the molecule is Cn1nc(-c2ccc(NS(=O)C(F)F)c(F)c2)c2c(N)ncc(-c3cnn(C4CCN(C=O)CC4)c3)c21. The highest BCUT2D eigenvalue weighted by Crippen LogP contribution is 2.38. The van der Waals surface area contributed by atoms with Gasteiger partial charge in [-0.25, -0.2) is 13.6 Å². The smallest absolute Gasteiger partial charge is 0.330 e. The van der Waals surface area contributed by atoms with E-state index in [0.717, 1.165) is 36.4 Å². The van der Waals surface area contributed by atoms with Gasteiger partial charge in [-0.3, -0.25) is 18.9 Å². The Morgan fingerprint density at radius 1 is 1.22 bits per heavy atom. The van der Waals surface area contributed by atoms with Gasteiger partial charge in [0.2, 0.25) is 6.41 Å². The topological polar surface area (TPSA) is 124 Å². The first-order valence-corrected chi connectivity index (χ1v) is 12.6. The Morgan fingerprint density at radius 2 is 1.97 bits per heavy atom. The van der Waals surface area contributed by atoms with Crippen molar-refractivity contribution >= 4 is 39.8 Å². The fraction of sp³-hybridized carbons (Fsp3) is 0.304. The molecule has 1 saturated heterocycles. The molecule has 0 spiro atoms. The number of hydrogen-bond acceptors (Lipinski definition) is 6. The summed E-state index contributed by atoms with van der Waals surface area (Å²) in [7, 11) is -1.00. The van der Waals surface area contributed by atoms with Crippen LogP contribution >= 0.6 is 0 Å². The lowest BCUT2D eigenvalue weighted by Gasteiger charge is -2.29. The number of piperidine rings is 1. The third-order valence-electron chi connectivity index (χ3n) is 6.44. The molecule has 1 amide bonds. The molecule has 37 heavy (non-hydrogen) atoms. The van der Waals surface area contributed by atoms with Crippen LogP contribution in [0.3, 0.4) is 0 Å². The minimum absolute atomic E-state index is 0.166. The van der Waals surface area contributed by atoms with Crippen LogP contribution in [0.2, 0.25) is 0 Å². The Balaban J connectivity index is 1.51. The Kier molecular flexibility index (Phi) is 6.58. The van der Waals surface area contributed by atoms with Crippen LogP contribution in [0.25, 0.3) is 33.3 Å². The molecular weight excluding hydrogens is 509 g/mol. The number of halogens is 3. The molecule has 5 rings (SSSR count). The number of aryl methyl sites for hydroxylation is 1. The number of alkyl halides is 2. The lowest BCUT2D eigenvalue weighted by Crippen LogP contribution is -2.33. The molecule has 1 aliphatic rings. The van der Waals surface area contributed by atoms with Crippen molar-refractivity contribution in [3.8, 4) is 22.4 Å². The lowest BCUT2D eigenvalue weighted by atomic mass is 10.0. The van der Waals surface area contributed by atoms with Crippen LogP contribution in [-0.4, -0.2) is 58.9 Å². The number of nitrogens with one attached hydrogen (secondary N) is 1. The molecular formula is C23H23F3N8O2S. The summed E-state index contributed by atoms with van der Waals surface area (Å²) in [5, 5.41) is 9.58. The maximum absolute atomic E-state index is 14.7. The normalized spacial score (nSPS) is 15.4. The number of nitrogens with two attached hydrogens (primary N) is 1. The number of carbonyl (C=O) groups is 1.